The third kappa shape index (κ3) is 7.64. The summed E-state index contributed by atoms with van der Waals surface area (Å²) in [5, 5.41) is 50.9. The van der Waals surface area contributed by atoms with Gasteiger partial charge in [0.2, 0.25) is 12.0 Å². The third-order valence-electron chi connectivity index (χ3n) is 5.72. The second-order valence-corrected chi connectivity index (χ2v) is 8.86. The molecular formula is C27H28O14. The number of carbonyl (C=O) groups is 4. The number of ketones is 1. The number of aromatic hydroxyl groups is 4. The van der Waals surface area contributed by atoms with Gasteiger partial charge in [-0.05, 0) is 35.9 Å². The van der Waals surface area contributed by atoms with Gasteiger partial charge in [0.15, 0.2) is 47.1 Å². The molecule has 0 amide bonds. The lowest BCUT2D eigenvalue weighted by Crippen LogP contribution is -2.62. The van der Waals surface area contributed by atoms with Crippen molar-refractivity contribution in [2.75, 3.05) is 6.61 Å². The second kappa shape index (κ2) is 13.0. The Morgan fingerprint density at radius 3 is 2.12 bits per heavy atom. The Bertz CT molecular complexity index is 1350. The Labute approximate surface area is 232 Å². The molecule has 2 aromatic rings. The lowest BCUT2D eigenvalue weighted by Gasteiger charge is -2.42. The highest BCUT2D eigenvalue weighted by Gasteiger charge is 2.51. The number of allylic oxidation sites excluding steroid dienone is 1. The summed E-state index contributed by atoms with van der Waals surface area (Å²) in [6, 6.07) is 6.05. The molecule has 1 aliphatic rings. The van der Waals surface area contributed by atoms with E-state index in [9.17, 15) is 44.7 Å². The Morgan fingerprint density at radius 1 is 0.854 bits per heavy atom. The number of aliphatic hydroxyl groups is 1. The minimum atomic E-state index is -1.80. The van der Waals surface area contributed by atoms with Crippen LogP contribution in [0.15, 0.2) is 36.4 Å². The molecule has 2 aromatic carbocycles. The normalized spacial score (nSPS) is 22.1. The van der Waals surface area contributed by atoms with E-state index >= 15 is 0 Å². The van der Waals surface area contributed by atoms with E-state index in [2.05, 4.69) is 0 Å². The summed E-state index contributed by atoms with van der Waals surface area (Å²) < 4.78 is 26.4. The summed E-state index contributed by atoms with van der Waals surface area (Å²) in [5.41, 5.74) is 0.0260. The van der Waals surface area contributed by atoms with Crippen molar-refractivity contribution in [3.8, 4) is 28.7 Å². The van der Waals surface area contributed by atoms with E-state index in [1.54, 1.807) is 0 Å². The maximum atomic E-state index is 12.6. The molecule has 0 radical (unpaired) electrons. The van der Waals surface area contributed by atoms with E-state index in [1.165, 1.54) is 24.3 Å². The number of aliphatic hydroxyl groups excluding tert-OH is 1. The lowest BCUT2D eigenvalue weighted by atomic mass is 9.98. The van der Waals surface area contributed by atoms with E-state index in [1.807, 2.05) is 0 Å². The van der Waals surface area contributed by atoms with Gasteiger partial charge in [0.05, 0.1) is 5.56 Å². The predicted molar refractivity (Wildman–Crippen MR) is 136 cm³/mol. The molecule has 41 heavy (non-hydrogen) atoms. The van der Waals surface area contributed by atoms with E-state index < -0.39 is 84.0 Å². The zero-order chi connectivity index (χ0) is 30.4. The van der Waals surface area contributed by atoms with Gasteiger partial charge in [0.1, 0.15) is 12.7 Å². The van der Waals surface area contributed by atoms with Crippen molar-refractivity contribution in [3.63, 3.8) is 0 Å². The van der Waals surface area contributed by atoms with Crippen LogP contribution in [0.25, 0.3) is 6.08 Å². The third-order valence-corrected chi connectivity index (χ3v) is 5.72. The number of hydrogen-bond donors (Lipinski definition) is 5. The average Bonchev–Trinajstić information content (AvgIpc) is 2.89. The first-order valence-electron chi connectivity index (χ1n) is 12.1. The van der Waals surface area contributed by atoms with Crippen molar-refractivity contribution >= 4 is 29.8 Å². The molecule has 14 heteroatoms. The Balaban J connectivity index is 1.86. The molecule has 14 nitrogen and oxygen atoms in total. The summed E-state index contributed by atoms with van der Waals surface area (Å²) in [5.74, 6) is -6.09. The molecular weight excluding hydrogens is 548 g/mol. The van der Waals surface area contributed by atoms with E-state index in [-0.39, 0.29) is 11.3 Å². The van der Waals surface area contributed by atoms with Crippen molar-refractivity contribution in [3.05, 3.63) is 47.5 Å². The number of benzene rings is 2. The molecule has 5 atom stereocenters. The van der Waals surface area contributed by atoms with Crippen molar-refractivity contribution in [1.82, 2.24) is 0 Å². The standard InChI is InChI=1S/C27H28O14/c1-12(28)37-11-21-25(38-13(2)29)26(39-14(3)30)24(36)27(41-21)40-20-9-6-16(22(34)23(20)35)17(31)7-4-15-5-8-18(32)19(33)10-15/h4-10,21,24-27,32-36H,11H2,1-3H3/b7-4+/t21-,24-,25-,26-,27?/m0/s1. The lowest BCUT2D eigenvalue weighted by molar-refractivity contribution is -0.285. The average molecular weight is 577 g/mol. The van der Waals surface area contributed by atoms with Crippen LogP contribution in [0.4, 0.5) is 0 Å². The van der Waals surface area contributed by atoms with Crippen LogP contribution in [0.1, 0.15) is 36.7 Å². The smallest absolute Gasteiger partial charge is 0.303 e. The van der Waals surface area contributed by atoms with Gasteiger partial charge in [-0.15, -0.1) is 0 Å². The Kier molecular flexibility index (Phi) is 9.76. The molecule has 1 heterocycles. The number of rotatable bonds is 9. The number of esters is 3. The van der Waals surface area contributed by atoms with Crippen LogP contribution in [0.2, 0.25) is 0 Å². The summed E-state index contributed by atoms with van der Waals surface area (Å²) >= 11 is 0. The zero-order valence-electron chi connectivity index (χ0n) is 22.0. The maximum Gasteiger partial charge on any atom is 0.303 e. The zero-order valence-corrected chi connectivity index (χ0v) is 22.0. The summed E-state index contributed by atoms with van der Waals surface area (Å²) in [7, 11) is 0. The summed E-state index contributed by atoms with van der Waals surface area (Å²) in [4.78, 5) is 47.4. The molecule has 0 bridgehead atoms. The molecule has 0 spiro atoms. The highest BCUT2D eigenvalue weighted by Crippen LogP contribution is 2.40. The van der Waals surface area contributed by atoms with Gasteiger partial charge in [0.25, 0.3) is 0 Å². The van der Waals surface area contributed by atoms with Gasteiger partial charge in [0, 0.05) is 20.8 Å². The topological polar surface area (TPSA) is 216 Å². The molecule has 5 N–H and O–H groups in total. The fourth-order valence-electron chi connectivity index (χ4n) is 3.87. The van der Waals surface area contributed by atoms with Crippen molar-refractivity contribution in [1.29, 1.82) is 0 Å². The molecule has 0 aromatic heterocycles. The van der Waals surface area contributed by atoms with Crippen molar-refractivity contribution in [2.24, 2.45) is 0 Å². The van der Waals surface area contributed by atoms with E-state index in [0.29, 0.717) is 5.56 Å². The number of phenolic OH excluding ortho intramolecular Hbond substituents is 4. The van der Waals surface area contributed by atoms with Gasteiger partial charge in [-0.1, -0.05) is 12.1 Å². The minimum Gasteiger partial charge on any atom is -0.504 e. The number of carbonyl (C=O) groups excluding carboxylic acids is 4. The number of ether oxygens (including phenoxy) is 5. The van der Waals surface area contributed by atoms with Gasteiger partial charge >= 0.3 is 17.9 Å². The first-order valence-corrected chi connectivity index (χ1v) is 12.1. The van der Waals surface area contributed by atoms with Crippen LogP contribution in [0.3, 0.4) is 0 Å². The highest BCUT2D eigenvalue weighted by molar-refractivity contribution is 6.09. The van der Waals surface area contributed by atoms with Crippen LogP contribution in [-0.4, -0.2) is 86.5 Å². The van der Waals surface area contributed by atoms with E-state index in [0.717, 1.165) is 39.0 Å². The number of hydrogen-bond acceptors (Lipinski definition) is 14. The summed E-state index contributed by atoms with van der Waals surface area (Å²) in [6.07, 6.45) is -5.40. The van der Waals surface area contributed by atoms with Gasteiger partial charge in [-0.2, -0.15) is 0 Å². The molecule has 1 fully saturated rings. The molecule has 1 aliphatic heterocycles. The van der Waals surface area contributed by atoms with E-state index in [4.69, 9.17) is 23.7 Å². The van der Waals surface area contributed by atoms with Gasteiger partial charge < -0.3 is 49.2 Å². The van der Waals surface area contributed by atoms with Crippen LogP contribution in [-0.2, 0) is 33.3 Å². The van der Waals surface area contributed by atoms with Crippen molar-refractivity contribution < 1.29 is 68.4 Å². The molecule has 1 saturated heterocycles. The molecule has 220 valence electrons. The van der Waals surface area contributed by atoms with Gasteiger partial charge in [-0.3, -0.25) is 19.2 Å². The Hall–Kier alpha value is -4.82. The van der Waals surface area contributed by atoms with Crippen LogP contribution < -0.4 is 4.74 Å². The van der Waals surface area contributed by atoms with Gasteiger partial charge in [-0.25, -0.2) is 0 Å². The predicted octanol–water partition coefficient (Wildman–Crippen LogP) is 1.30. The quantitative estimate of drug-likeness (QED) is 0.0935. The fraction of sp³-hybridized carbons (Fsp3) is 0.333. The first kappa shape index (κ1) is 30.7. The maximum absolute atomic E-state index is 12.6. The largest absolute Gasteiger partial charge is 0.504 e. The summed E-state index contributed by atoms with van der Waals surface area (Å²) in [6.45, 7) is 2.73. The van der Waals surface area contributed by atoms with Crippen molar-refractivity contribution in [2.45, 2.75) is 51.5 Å². The van der Waals surface area contributed by atoms with Crippen LogP contribution in [0, 0.1) is 0 Å². The monoisotopic (exact) mass is 576 g/mol. The van der Waals surface area contributed by atoms with Crippen LogP contribution in [0.5, 0.6) is 28.7 Å². The molecule has 0 aliphatic carbocycles. The fourth-order valence-corrected chi connectivity index (χ4v) is 3.87. The SMILES string of the molecule is CC(=O)OC[C@@H]1OC(Oc2ccc(C(=O)/C=C/c3ccc(O)c(O)c3)c(O)c2O)[C@@H](O)[C@H](OC(C)=O)[C@H]1OC(C)=O. The van der Waals surface area contributed by atoms with Crippen LogP contribution >= 0.6 is 0 Å². The highest BCUT2D eigenvalue weighted by atomic mass is 16.7. The minimum absolute atomic E-state index is 0.334. The second-order valence-electron chi connectivity index (χ2n) is 8.86. The molecule has 1 unspecified atom stereocenters. The first-order chi connectivity index (χ1) is 19.3. The number of phenols is 4. The Morgan fingerprint density at radius 2 is 1.51 bits per heavy atom. The molecule has 0 saturated carbocycles. The molecule has 3 rings (SSSR count).